The van der Waals surface area contributed by atoms with Crippen LogP contribution in [0.5, 0.6) is 0 Å². The molecular formula is C24H35N3O4. The van der Waals surface area contributed by atoms with Crippen LogP contribution in [0.1, 0.15) is 69.2 Å². The number of nitrogens with zero attached hydrogens (tertiary/aromatic N) is 1. The highest BCUT2D eigenvalue weighted by atomic mass is 16.5. The van der Waals surface area contributed by atoms with Gasteiger partial charge >= 0.3 is 0 Å². The van der Waals surface area contributed by atoms with Crippen molar-refractivity contribution in [1.82, 2.24) is 15.5 Å². The van der Waals surface area contributed by atoms with Gasteiger partial charge in [0.2, 0.25) is 11.8 Å². The molecule has 3 rings (SSSR count). The summed E-state index contributed by atoms with van der Waals surface area (Å²) in [6, 6.07) is 8.98. The molecule has 2 aliphatic rings. The molecule has 170 valence electrons. The van der Waals surface area contributed by atoms with Crippen LogP contribution in [-0.4, -0.2) is 60.0 Å². The lowest BCUT2D eigenvalue weighted by molar-refractivity contribution is -0.149. The number of rotatable bonds is 9. The van der Waals surface area contributed by atoms with Gasteiger partial charge in [-0.1, -0.05) is 38.0 Å². The lowest BCUT2D eigenvalue weighted by Gasteiger charge is -2.41. The number of carbonyl (C=O) groups is 3. The predicted octanol–water partition coefficient (Wildman–Crippen LogP) is 2.65. The molecule has 1 heterocycles. The molecule has 7 nitrogen and oxygen atoms in total. The first-order chi connectivity index (χ1) is 14.9. The predicted molar refractivity (Wildman–Crippen MR) is 119 cm³/mol. The van der Waals surface area contributed by atoms with Crippen LogP contribution in [0.25, 0.3) is 0 Å². The van der Waals surface area contributed by atoms with Crippen LogP contribution in [0.15, 0.2) is 30.3 Å². The molecule has 2 fully saturated rings. The molecule has 2 N–H and O–H groups in total. The second-order valence-corrected chi connectivity index (χ2v) is 8.77. The van der Waals surface area contributed by atoms with Gasteiger partial charge in [0.25, 0.3) is 5.91 Å². The average Bonchev–Trinajstić information content (AvgIpc) is 3.50. The molecule has 0 radical (unpaired) electrons. The summed E-state index contributed by atoms with van der Waals surface area (Å²) >= 11 is 0. The van der Waals surface area contributed by atoms with Crippen molar-refractivity contribution in [3.8, 4) is 0 Å². The summed E-state index contributed by atoms with van der Waals surface area (Å²) in [6.45, 7) is 4.61. The highest BCUT2D eigenvalue weighted by Crippen LogP contribution is 2.26. The Bertz CT molecular complexity index is 757. The molecule has 7 heteroatoms. The van der Waals surface area contributed by atoms with Crippen molar-refractivity contribution in [3.63, 3.8) is 0 Å². The molecular weight excluding hydrogens is 394 g/mol. The standard InChI is InChI=1S/C24H35N3O4/c1-3-24(2,23(30)26-19-12-7-8-13-19)27(17-20-14-9-15-31-20)21(28)16-25-22(29)18-10-5-4-6-11-18/h4-6,10-11,19-20H,3,7-9,12-17H2,1-2H3,(H,25,29)(H,26,30)/t20-,24+/m1/s1. The maximum absolute atomic E-state index is 13.3. The molecule has 1 saturated carbocycles. The van der Waals surface area contributed by atoms with Crippen molar-refractivity contribution >= 4 is 17.7 Å². The minimum Gasteiger partial charge on any atom is -0.376 e. The van der Waals surface area contributed by atoms with E-state index in [1.165, 1.54) is 0 Å². The van der Waals surface area contributed by atoms with E-state index in [0.717, 1.165) is 38.5 Å². The van der Waals surface area contributed by atoms with Gasteiger partial charge < -0.3 is 20.3 Å². The normalized spacial score (nSPS) is 20.8. The Balaban J connectivity index is 1.72. The third-order valence-electron chi connectivity index (χ3n) is 6.61. The van der Waals surface area contributed by atoms with E-state index in [4.69, 9.17) is 4.74 Å². The van der Waals surface area contributed by atoms with Gasteiger partial charge in [0.05, 0.1) is 12.6 Å². The monoisotopic (exact) mass is 429 g/mol. The second-order valence-electron chi connectivity index (χ2n) is 8.77. The summed E-state index contributed by atoms with van der Waals surface area (Å²) in [6.07, 6.45) is 6.43. The number of hydrogen-bond acceptors (Lipinski definition) is 4. The van der Waals surface area contributed by atoms with Crippen molar-refractivity contribution in [2.75, 3.05) is 19.7 Å². The fourth-order valence-electron chi connectivity index (χ4n) is 4.40. The highest BCUT2D eigenvalue weighted by molar-refractivity contribution is 5.97. The third-order valence-corrected chi connectivity index (χ3v) is 6.61. The van der Waals surface area contributed by atoms with Crippen molar-refractivity contribution in [1.29, 1.82) is 0 Å². The van der Waals surface area contributed by atoms with Crippen molar-refractivity contribution in [2.45, 2.75) is 76.5 Å². The van der Waals surface area contributed by atoms with Crippen LogP contribution in [-0.2, 0) is 14.3 Å². The molecule has 0 unspecified atom stereocenters. The van der Waals surface area contributed by atoms with Crippen LogP contribution in [0, 0.1) is 0 Å². The van der Waals surface area contributed by atoms with Gasteiger partial charge in [-0.15, -0.1) is 0 Å². The molecule has 1 aromatic carbocycles. The summed E-state index contributed by atoms with van der Waals surface area (Å²) < 4.78 is 5.77. The molecule has 1 aliphatic carbocycles. The molecule has 1 saturated heterocycles. The minimum atomic E-state index is -0.997. The number of benzene rings is 1. The van der Waals surface area contributed by atoms with E-state index >= 15 is 0 Å². The second kappa shape index (κ2) is 10.8. The first kappa shape index (κ1) is 23.3. The number of hydrogen-bond donors (Lipinski definition) is 2. The maximum Gasteiger partial charge on any atom is 0.251 e. The Kier molecular flexibility index (Phi) is 8.07. The molecule has 1 aliphatic heterocycles. The van der Waals surface area contributed by atoms with Crippen LogP contribution in [0.2, 0.25) is 0 Å². The first-order valence-corrected chi connectivity index (χ1v) is 11.5. The summed E-state index contributed by atoms with van der Waals surface area (Å²) in [5, 5.41) is 5.87. The molecule has 3 amide bonds. The van der Waals surface area contributed by atoms with Crippen LogP contribution < -0.4 is 10.6 Å². The largest absolute Gasteiger partial charge is 0.376 e. The number of carbonyl (C=O) groups excluding carboxylic acids is 3. The molecule has 1 aromatic rings. The van der Waals surface area contributed by atoms with Crippen molar-refractivity contribution in [3.05, 3.63) is 35.9 Å². The topological polar surface area (TPSA) is 87.7 Å². The molecule has 2 atom stereocenters. The van der Waals surface area contributed by atoms with Gasteiger partial charge in [-0.3, -0.25) is 14.4 Å². The number of nitrogens with one attached hydrogen (secondary N) is 2. The van der Waals surface area contributed by atoms with Gasteiger partial charge in [0.1, 0.15) is 5.54 Å². The van der Waals surface area contributed by atoms with Crippen LogP contribution >= 0.6 is 0 Å². The summed E-state index contributed by atoms with van der Waals surface area (Å²) in [5.74, 6) is -0.701. The average molecular weight is 430 g/mol. The molecule has 0 bridgehead atoms. The van der Waals surface area contributed by atoms with E-state index < -0.39 is 5.54 Å². The van der Waals surface area contributed by atoms with E-state index in [1.54, 1.807) is 29.2 Å². The molecule has 31 heavy (non-hydrogen) atoms. The van der Waals surface area contributed by atoms with E-state index in [0.29, 0.717) is 25.1 Å². The SMILES string of the molecule is CC[C@@](C)(C(=O)NC1CCCC1)N(C[C@H]1CCCO1)C(=O)CNC(=O)c1ccccc1. The maximum atomic E-state index is 13.3. The summed E-state index contributed by atoms with van der Waals surface area (Å²) in [4.78, 5) is 40.6. The molecule has 0 spiro atoms. The Hall–Kier alpha value is -2.41. The Labute approximate surface area is 184 Å². The lowest BCUT2D eigenvalue weighted by atomic mass is 9.93. The van der Waals surface area contributed by atoms with E-state index in [1.807, 2.05) is 19.9 Å². The fourth-order valence-corrected chi connectivity index (χ4v) is 4.40. The lowest BCUT2D eigenvalue weighted by Crippen LogP contribution is -2.62. The molecule has 0 aromatic heterocycles. The third kappa shape index (κ3) is 5.85. The fraction of sp³-hybridized carbons (Fsp3) is 0.625. The summed E-state index contributed by atoms with van der Waals surface area (Å²) in [7, 11) is 0. The Morgan fingerprint density at radius 1 is 1.10 bits per heavy atom. The van der Waals surface area contributed by atoms with Gasteiger partial charge in [0.15, 0.2) is 0 Å². The zero-order chi connectivity index (χ0) is 22.3. The smallest absolute Gasteiger partial charge is 0.251 e. The van der Waals surface area contributed by atoms with Gasteiger partial charge in [-0.25, -0.2) is 0 Å². The van der Waals surface area contributed by atoms with E-state index in [9.17, 15) is 14.4 Å². The first-order valence-electron chi connectivity index (χ1n) is 11.5. The number of amides is 3. The van der Waals surface area contributed by atoms with Crippen LogP contribution in [0.4, 0.5) is 0 Å². The minimum absolute atomic E-state index is 0.0843. The van der Waals surface area contributed by atoms with Gasteiger partial charge in [-0.2, -0.15) is 0 Å². The zero-order valence-corrected chi connectivity index (χ0v) is 18.7. The Morgan fingerprint density at radius 2 is 1.81 bits per heavy atom. The van der Waals surface area contributed by atoms with Crippen molar-refractivity contribution < 1.29 is 19.1 Å². The van der Waals surface area contributed by atoms with E-state index in [-0.39, 0.29) is 36.4 Å². The summed E-state index contributed by atoms with van der Waals surface area (Å²) in [5.41, 5.74) is -0.499. The highest BCUT2D eigenvalue weighted by Gasteiger charge is 2.42. The van der Waals surface area contributed by atoms with Crippen LogP contribution in [0.3, 0.4) is 0 Å². The van der Waals surface area contributed by atoms with Gasteiger partial charge in [0, 0.05) is 24.8 Å². The van der Waals surface area contributed by atoms with Gasteiger partial charge in [-0.05, 0) is 51.2 Å². The van der Waals surface area contributed by atoms with Crippen molar-refractivity contribution in [2.24, 2.45) is 0 Å². The zero-order valence-electron chi connectivity index (χ0n) is 18.7. The quantitative estimate of drug-likeness (QED) is 0.632. The van der Waals surface area contributed by atoms with E-state index in [2.05, 4.69) is 10.6 Å². The Morgan fingerprint density at radius 3 is 2.42 bits per heavy atom. The number of ether oxygens (including phenoxy) is 1.